The molecule has 16 heavy (non-hydrogen) atoms. The van der Waals surface area contributed by atoms with E-state index in [0.29, 0.717) is 6.42 Å². The predicted molar refractivity (Wildman–Crippen MR) is 55.2 cm³/mol. The average molecular weight is 260 g/mol. The van der Waals surface area contributed by atoms with Crippen molar-refractivity contribution in [2.75, 3.05) is 0 Å². The Morgan fingerprint density at radius 3 is 1.62 bits per heavy atom. The minimum atomic E-state index is -4.64. The molecule has 0 saturated carbocycles. The van der Waals surface area contributed by atoms with Crippen LogP contribution in [0.25, 0.3) is 0 Å². The summed E-state index contributed by atoms with van der Waals surface area (Å²) in [5, 5.41) is 23.8. The summed E-state index contributed by atoms with van der Waals surface area (Å²) in [6.07, 6.45) is 1.05. The van der Waals surface area contributed by atoms with E-state index in [1.165, 1.54) is 0 Å². The molecule has 0 saturated heterocycles. The van der Waals surface area contributed by atoms with E-state index in [1.807, 2.05) is 6.92 Å². The Morgan fingerprint density at radius 1 is 1.38 bits per heavy atom. The van der Waals surface area contributed by atoms with Crippen molar-refractivity contribution in [1.29, 1.82) is 0 Å². The molecule has 6 N–H and O–H groups in total. The number of carboxylic acids is 1. The van der Waals surface area contributed by atoms with Crippen molar-refractivity contribution in [1.82, 2.24) is 0 Å². The van der Waals surface area contributed by atoms with Crippen molar-refractivity contribution in [2.45, 2.75) is 26.1 Å². The fraction of sp³-hybridized carbons (Fsp3) is 0.571. The van der Waals surface area contributed by atoms with Gasteiger partial charge in [-0.05, 0) is 6.42 Å². The standard InChI is InChI=1S/C4H10O2.C3H4O2.H3O4P/c1-2-3-4(5)6;1-2-3(4)5;1-5(2,3)4/h4-6H,2-3H2,1H3;2H,1H2,(H,4,5);(H3,1,2,3,4). The topological polar surface area (TPSA) is 156 Å². The van der Waals surface area contributed by atoms with Crippen LogP contribution in [0, 0.1) is 0 Å². The molecule has 0 spiro atoms. The van der Waals surface area contributed by atoms with E-state index >= 15 is 0 Å². The molecule has 0 aromatic heterocycles. The van der Waals surface area contributed by atoms with Gasteiger partial charge in [-0.25, -0.2) is 9.36 Å². The van der Waals surface area contributed by atoms with E-state index in [9.17, 15) is 4.79 Å². The number of carbonyl (C=O) groups is 1. The highest BCUT2D eigenvalue weighted by Crippen LogP contribution is 2.25. The molecule has 0 atom stereocenters. The first-order chi connectivity index (χ1) is 7.04. The van der Waals surface area contributed by atoms with E-state index in [0.717, 1.165) is 12.5 Å². The third-order valence-electron chi connectivity index (χ3n) is 0.721. The van der Waals surface area contributed by atoms with Gasteiger partial charge in [0.05, 0.1) is 0 Å². The molecule has 0 fully saturated rings. The van der Waals surface area contributed by atoms with Crippen LogP contribution in [0.2, 0.25) is 0 Å². The summed E-state index contributed by atoms with van der Waals surface area (Å²) in [5.74, 6) is -0.981. The van der Waals surface area contributed by atoms with Gasteiger partial charge < -0.3 is 30.0 Å². The maximum absolute atomic E-state index is 9.25. The van der Waals surface area contributed by atoms with Crippen molar-refractivity contribution in [3.05, 3.63) is 12.7 Å². The van der Waals surface area contributed by atoms with Crippen LogP contribution in [0.1, 0.15) is 19.8 Å². The first kappa shape index (κ1) is 20.6. The van der Waals surface area contributed by atoms with Crippen molar-refractivity contribution in [3.63, 3.8) is 0 Å². The molecule has 0 aliphatic heterocycles. The largest absolute Gasteiger partial charge is 0.478 e. The normalized spacial score (nSPS) is 9.44. The highest BCUT2D eigenvalue weighted by Gasteiger charge is 2.00. The van der Waals surface area contributed by atoms with Crippen LogP contribution in [0.3, 0.4) is 0 Å². The monoisotopic (exact) mass is 260 g/mol. The van der Waals surface area contributed by atoms with Crippen LogP contribution in [0.4, 0.5) is 0 Å². The third-order valence-corrected chi connectivity index (χ3v) is 0.721. The van der Waals surface area contributed by atoms with Gasteiger partial charge in [-0.15, -0.1) is 0 Å². The molecule has 0 unspecified atom stereocenters. The summed E-state index contributed by atoms with van der Waals surface area (Å²) < 4.78 is 8.88. The fourth-order valence-corrected chi connectivity index (χ4v) is 0.258. The zero-order chi connectivity index (χ0) is 13.8. The SMILES string of the molecule is C=CC(=O)O.CCCC(O)O.O=P(O)(O)O. The van der Waals surface area contributed by atoms with Crippen LogP contribution in [0.15, 0.2) is 12.7 Å². The van der Waals surface area contributed by atoms with E-state index in [2.05, 4.69) is 6.58 Å². The number of hydrogen-bond acceptors (Lipinski definition) is 4. The van der Waals surface area contributed by atoms with Gasteiger partial charge in [0.1, 0.15) is 0 Å². The van der Waals surface area contributed by atoms with E-state index in [1.54, 1.807) is 0 Å². The summed E-state index contributed by atoms with van der Waals surface area (Å²) in [6.45, 7) is 4.86. The molecule has 0 rings (SSSR count). The first-order valence-electron chi connectivity index (χ1n) is 4.04. The maximum Gasteiger partial charge on any atom is 0.466 e. The highest BCUT2D eigenvalue weighted by atomic mass is 31.2. The van der Waals surface area contributed by atoms with E-state index in [-0.39, 0.29) is 0 Å². The average Bonchev–Trinajstić information content (AvgIpc) is 2.01. The predicted octanol–water partition coefficient (Wildman–Crippen LogP) is -0.574. The zero-order valence-electron chi connectivity index (χ0n) is 8.72. The summed E-state index contributed by atoms with van der Waals surface area (Å²) in [5.41, 5.74) is 0. The highest BCUT2D eigenvalue weighted by molar-refractivity contribution is 7.45. The van der Waals surface area contributed by atoms with Gasteiger partial charge in [0.25, 0.3) is 0 Å². The smallest absolute Gasteiger partial charge is 0.466 e. The molecule has 0 amide bonds. The van der Waals surface area contributed by atoms with Gasteiger partial charge in [-0.3, -0.25) is 0 Å². The number of phosphoric acid groups is 1. The van der Waals surface area contributed by atoms with Gasteiger partial charge in [-0.2, -0.15) is 0 Å². The third kappa shape index (κ3) is 110. The first-order valence-corrected chi connectivity index (χ1v) is 5.60. The fourth-order valence-electron chi connectivity index (χ4n) is 0.258. The number of carboxylic acid groups (broad SMARTS) is 1. The lowest BCUT2D eigenvalue weighted by atomic mass is 10.3. The number of hydrogen-bond donors (Lipinski definition) is 6. The number of aliphatic hydroxyl groups excluding tert-OH is 1. The molecule has 0 radical (unpaired) electrons. The number of rotatable bonds is 3. The quantitative estimate of drug-likeness (QED) is 0.224. The molecule has 0 heterocycles. The molecular formula is C7H17O8P. The summed E-state index contributed by atoms with van der Waals surface area (Å²) in [6, 6.07) is 0. The molecular weight excluding hydrogens is 243 g/mol. The Kier molecular flexibility index (Phi) is 15.9. The Balaban J connectivity index is -0.000000160. The minimum absolute atomic E-state index is 0.486. The van der Waals surface area contributed by atoms with Crippen molar-refractivity contribution >= 4 is 13.8 Å². The minimum Gasteiger partial charge on any atom is -0.478 e. The molecule has 0 bridgehead atoms. The molecule has 0 aromatic carbocycles. The van der Waals surface area contributed by atoms with Crippen LogP contribution in [0.5, 0.6) is 0 Å². The van der Waals surface area contributed by atoms with Crippen LogP contribution >= 0.6 is 7.82 Å². The van der Waals surface area contributed by atoms with Crippen LogP contribution in [-0.4, -0.2) is 42.3 Å². The second-order valence-corrected chi connectivity index (χ2v) is 3.35. The van der Waals surface area contributed by atoms with Crippen molar-refractivity contribution in [3.8, 4) is 0 Å². The van der Waals surface area contributed by atoms with E-state index < -0.39 is 20.1 Å². The summed E-state index contributed by atoms with van der Waals surface area (Å²) >= 11 is 0. The van der Waals surface area contributed by atoms with Crippen LogP contribution in [-0.2, 0) is 9.36 Å². The van der Waals surface area contributed by atoms with Gasteiger partial charge in [0.15, 0.2) is 6.29 Å². The second-order valence-electron chi connectivity index (χ2n) is 2.32. The summed E-state index contributed by atoms with van der Waals surface area (Å²) in [4.78, 5) is 30.8. The number of aliphatic carboxylic acids is 1. The molecule has 8 nitrogen and oxygen atoms in total. The van der Waals surface area contributed by atoms with Crippen molar-refractivity contribution in [2.24, 2.45) is 0 Å². The maximum atomic E-state index is 9.25. The molecule has 9 heteroatoms. The number of aliphatic hydroxyl groups is 2. The van der Waals surface area contributed by atoms with Gasteiger partial charge >= 0.3 is 13.8 Å². The van der Waals surface area contributed by atoms with Crippen molar-refractivity contribution < 1.29 is 39.4 Å². The Labute approximate surface area is 92.7 Å². The lowest BCUT2D eigenvalue weighted by molar-refractivity contribution is -0.131. The lowest BCUT2D eigenvalue weighted by Crippen LogP contribution is -2.01. The molecule has 0 aliphatic carbocycles. The Bertz CT molecular complexity index is 212. The Hall–Kier alpha value is -0.760. The van der Waals surface area contributed by atoms with Crippen LogP contribution < -0.4 is 0 Å². The summed E-state index contributed by atoms with van der Waals surface area (Å²) in [7, 11) is -4.64. The lowest BCUT2D eigenvalue weighted by Gasteiger charge is -1.94. The zero-order valence-corrected chi connectivity index (χ0v) is 9.62. The molecule has 98 valence electrons. The van der Waals surface area contributed by atoms with Gasteiger partial charge in [0.2, 0.25) is 0 Å². The van der Waals surface area contributed by atoms with Gasteiger partial charge in [0, 0.05) is 6.08 Å². The second kappa shape index (κ2) is 12.3. The van der Waals surface area contributed by atoms with Gasteiger partial charge in [-0.1, -0.05) is 19.9 Å². The Morgan fingerprint density at radius 2 is 1.62 bits per heavy atom. The molecule has 0 aliphatic rings. The molecule has 0 aromatic rings. The van der Waals surface area contributed by atoms with E-state index in [4.69, 9.17) is 34.6 Å².